The van der Waals surface area contributed by atoms with Crippen LogP contribution in [0.15, 0.2) is 59.8 Å². The van der Waals surface area contributed by atoms with Gasteiger partial charge in [0.05, 0.1) is 36.8 Å². The quantitative estimate of drug-likeness (QED) is 0.706. The number of nitriles is 2. The van der Waals surface area contributed by atoms with Crippen molar-refractivity contribution < 1.29 is 9.53 Å². The summed E-state index contributed by atoms with van der Waals surface area (Å²) in [4.78, 5) is 12.7. The van der Waals surface area contributed by atoms with Gasteiger partial charge in [-0.15, -0.1) is 0 Å². The third kappa shape index (κ3) is 3.34. The molecule has 5 nitrogen and oxygen atoms in total. The van der Waals surface area contributed by atoms with Gasteiger partial charge in [-0.3, -0.25) is 0 Å². The Kier molecular flexibility index (Phi) is 5.84. The van der Waals surface area contributed by atoms with Crippen LogP contribution in [0.25, 0.3) is 0 Å². The van der Waals surface area contributed by atoms with Crippen LogP contribution in [0.2, 0.25) is 10.0 Å². The lowest BCUT2D eigenvalue weighted by molar-refractivity contribution is -0.137. The monoisotopic (exact) mass is 425 g/mol. The van der Waals surface area contributed by atoms with Crippen molar-refractivity contribution in [3.8, 4) is 12.1 Å². The molecular weight excluding hydrogens is 409 g/mol. The van der Waals surface area contributed by atoms with Crippen LogP contribution in [0.3, 0.4) is 0 Å². The van der Waals surface area contributed by atoms with E-state index in [1.807, 2.05) is 0 Å². The maximum absolute atomic E-state index is 12.7. The standard InChI is InChI=1S/C22H17Cl2N3O2/c1-13-18(21(28)29-2)19(14-7-3-5-9-16(14)23)22(11-25,12-26)20(27-13)15-8-4-6-10-17(15)24/h3-10,19-20,27H,1-2H3. The fraction of sp³-hybridized carbons (Fsp3) is 0.227. The Morgan fingerprint density at radius 3 is 2.03 bits per heavy atom. The van der Waals surface area contributed by atoms with Crippen LogP contribution in [0.1, 0.15) is 30.0 Å². The molecule has 0 amide bonds. The summed E-state index contributed by atoms with van der Waals surface area (Å²) < 4.78 is 4.97. The Morgan fingerprint density at radius 2 is 1.55 bits per heavy atom. The van der Waals surface area contributed by atoms with Crippen molar-refractivity contribution in [3.63, 3.8) is 0 Å². The molecule has 1 N–H and O–H groups in total. The smallest absolute Gasteiger partial charge is 0.336 e. The van der Waals surface area contributed by atoms with E-state index in [0.717, 1.165) is 0 Å². The van der Waals surface area contributed by atoms with E-state index in [4.69, 9.17) is 27.9 Å². The number of carbonyl (C=O) groups excluding carboxylic acids is 1. The molecule has 3 rings (SSSR count). The van der Waals surface area contributed by atoms with E-state index in [0.29, 0.717) is 26.9 Å². The molecule has 1 heterocycles. The van der Waals surface area contributed by atoms with Gasteiger partial charge in [-0.2, -0.15) is 10.5 Å². The lowest BCUT2D eigenvalue weighted by Crippen LogP contribution is -2.47. The lowest BCUT2D eigenvalue weighted by atomic mass is 9.62. The Morgan fingerprint density at radius 1 is 1.03 bits per heavy atom. The summed E-state index contributed by atoms with van der Waals surface area (Å²) in [6, 6.07) is 17.4. The number of esters is 1. The molecule has 146 valence electrons. The average molecular weight is 426 g/mol. The molecule has 2 unspecified atom stereocenters. The van der Waals surface area contributed by atoms with E-state index in [-0.39, 0.29) is 5.57 Å². The molecule has 0 aromatic heterocycles. The van der Waals surface area contributed by atoms with Crippen LogP contribution in [0.4, 0.5) is 0 Å². The van der Waals surface area contributed by atoms with E-state index < -0.39 is 23.3 Å². The molecule has 2 aromatic carbocycles. The number of nitrogens with one attached hydrogen (secondary N) is 1. The molecular formula is C22H17Cl2N3O2. The van der Waals surface area contributed by atoms with E-state index in [9.17, 15) is 15.3 Å². The van der Waals surface area contributed by atoms with Crippen LogP contribution in [0, 0.1) is 28.1 Å². The zero-order chi connectivity index (χ0) is 21.2. The molecule has 0 fully saturated rings. The van der Waals surface area contributed by atoms with Crippen molar-refractivity contribution in [2.75, 3.05) is 7.11 Å². The lowest BCUT2D eigenvalue weighted by Gasteiger charge is -2.43. The second-order valence-electron chi connectivity index (χ2n) is 6.68. The van der Waals surface area contributed by atoms with Crippen LogP contribution in [-0.4, -0.2) is 13.1 Å². The van der Waals surface area contributed by atoms with Crippen molar-refractivity contribution in [1.29, 1.82) is 10.5 Å². The third-order valence-corrected chi connectivity index (χ3v) is 5.86. The molecule has 2 aromatic rings. The highest BCUT2D eigenvalue weighted by Gasteiger charge is 2.55. The number of hydrogen-bond donors (Lipinski definition) is 1. The molecule has 0 radical (unpaired) electrons. The van der Waals surface area contributed by atoms with Gasteiger partial charge in [0.15, 0.2) is 5.41 Å². The Bertz CT molecular complexity index is 1070. The Labute approximate surface area is 179 Å². The number of benzene rings is 2. The molecule has 0 bridgehead atoms. The molecule has 2 atom stereocenters. The maximum Gasteiger partial charge on any atom is 0.336 e. The molecule has 1 aliphatic heterocycles. The van der Waals surface area contributed by atoms with Crippen LogP contribution in [-0.2, 0) is 9.53 Å². The SMILES string of the molecule is COC(=O)C1=C(C)NC(c2ccccc2Cl)C(C#N)(C#N)C1c1ccccc1Cl. The number of ether oxygens (including phenoxy) is 1. The van der Waals surface area contributed by atoms with Gasteiger partial charge in [0.1, 0.15) is 0 Å². The van der Waals surface area contributed by atoms with Gasteiger partial charge in [-0.05, 0) is 30.2 Å². The van der Waals surface area contributed by atoms with E-state index in [1.54, 1.807) is 55.5 Å². The molecule has 0 spiro atoms. The zero-order valence-electron chi connectivity index (χ0n) is 15.7. The summed E-state index contributed by atoms with van der Waals surface area (Å²) in [5.74, 6) is -1.58. The van der Waals surface area contributed by atoms with Crippen molar-refractivity contribution in [2.24, 2.45) is 5.41 Å². The second-order valence-corrected chi connectivity index (χ2v) is 7.49. The summed E-state index contributed by atoms with van der Waals surface area (Å²) in [7, 11) is 1.26. The van der Waals surface area contributed by atoms with Gasteiger partial charge in [0.2, 0.25) is 0 Å². The van der Waals surface area contributed by atoms with Crippen molar-refractivity contribution in [2.45, 2.75) is 18.9 Å². The minimum absolute atomic E-state index is 0.187. The van der Waals surface area contributed by atoms with E-state index in [2.05, 4.69) is 17.5 Å². The van der Waals surface area contributed by atoms with Gasteiger partial charge < -0.3 is 10.1 Å². The fourth-order valence-corrected chi connectivity index (χ4v) is 4.31. The van der Waals surface area contributed by atoms with Gasteiger partial charge >= 0.3 is 5.97 Å². The second kappa shape index (κ2) is 8.17. The first-order chi connectivity index (χ1) is 13.9. The molecule has 1 aliphatic rings. The first kappa shape index (κ1) is 20.7. The highest BCUT2D eigenvalue weighted by molar-refractivity contribution is 6.32. The topological polar surface area (TPSA) is 85.9 Å². The average Bonchev–Trinajstić information content (AvgIpc) is 2.73. The van der Waals surface area contributed by atoms with Crippen molar-refractivity contribution in [3.05, 3.63) is 81.0 Å². The molecule has 0 saturated carbocycles. The number of methoxy groups -OCH3 is 1. The minimum Gasteiger partial charge on any atom is -0.466 e. The van der Waals surface area contributed by atoms with Gasteiger partial charge in [-0.1, -0.05) is 59.6 Å². The number of rotatable bonds is 3. The number of nitrogens with zero attached hydrogens (tertiary/aromatic N) is 2. The Hall–Kier alpha value is -2.99. The van der Waals surface area contributed by atoms with Crippen LogP contribution >= 0.6 is 23.2 Å². The molecule has 0 aliphatic carbocycles. The number of carbonyl (C=O) groups is 1. The highest BCUT2D eigenvalue weighted by Crippen LogP contribution is 2.54. The van der Waals surface area contributed by atoms with E-state index in [1.165, 1.54) is 7.11 Å². The molecule has 0 saturated heterocycles. The fourth-order valence-electron chi connectivity index (χ4n) is 3.83. The van der Waals surface area contributed by atoms with Gasteiger partial charge in [0, 0.05) is 15.7 Å². The normalized spacial score (nSPS) is 20.2. The van der Waals surface area contributed by atoms with Crippen molar-refractivity contribution >= 4 is 29.2 Å². The number of hydrogen-bond acceptors (Lipinski definition) is 5. The minimum atomic E-state index is -1.71. The predicted molar refractivity (Wildman–Crippen MR) is 110 cm³/mol. The Balaban J connectivity index is 2.39. The molecule has 29 heavy (non-hydrogen) atoms. The largest absolute Gasteiger partial charge is 0.466 e. The number of allylic oxidation sites excluding steroid dienone is 1. The summed E-state index contributed by atoms with van der Waals surface area (Å²) in [6.45, 7) is 1.71. The summed E-state index contributed by atoms with van der Waals surface area (Å²) in [5, 5.41) is 24.5. The summed E-state index contributed by atoms with van der Waals surface area (Å²) in [6.07, 6.45) is 0. The van der Waals surface area contributed by atoms with Crippen LogP contribution in [0.5, 0.6) is 0 Å². The predicted octanol–water partition coefficient (Wildman–Crippen LogP) is 4.90. The zero-order valence-corrected chi connectivity index (χ0v) is 17.3. The highest BCUT2D eigenvalue weighted by atomic mass is 35.5. The molecule has 7 heteroatoms. The summed E-state index contributed by atoms with van der Waals surface area (Å²) in [5.41, 5.74) is 0.0481. The maximum atomic E-state index is 12.7. The number of halogens is 2. The van der Waals surface area contributed by atoms with Crippen molar-refractivity contribution in [1.82, 2.24) is 5.32 Å². The van der Waals surface area contributed by atoms with E-state index >= 15 is 0 Å². The van der Waals surface area contributed by atoms with Crippen LogP contribution < -0.4 is 5.32 Å². The van der Waals surface area contributed by atoms with Gasteiger partial charge in [-0.25, -0.2) is 4.79 Å². The first-order valence-corrected chi connectivity index (χ1v) is 9.53. The summed E-state index contributed by atoms with van der Waals surface area (Å²) >= 11 is 12.8. The third-order valence-electron chi connectivity index (χ3n) is 5.17. The first-order valence-electron chi connectivity index (χ1n) is 8.78. The van der Waals surface area contributed by atoms with Gasteiger partial charge in [0.25, 0.3) is 0 Å².